The molecule has 0 aliphatic heterocycles. The molecule has 1 N–H and O–H groups in total. The predicted octanol–water partition coefficient (Wildman–Crippen LogP) is 5.36. The summed E-state index contributed by atoms with van der Waals surface area (Å²) in [5.41, 5.74) is 1.22. The number of anilines is 1. The quantitative estimate of drug-likeness (QED) is 0.650. The van der Waals surface area contributed by atoms with Gasteiger partial charge in [0.2, 0.25) is 5.91 Å². The number of aryl methyl sites for hydroxylation is 1. The topological polar surface area (TPSA) is 55.1 Å². The number of rotatable bonds is 5. The molecule has 0 saturated carbocycles. The highest BCUT2D eigenvalue weighted by Gasteiger charge is 2.12. The highest BCUT2D eigenvalue weighted by molar-refractivity contribution is 6.36. The molecule has 1 aromatic heterocycles. The zero-order valence-corrected chi connectivity index (χ0v) is 14.4. The van der Waals surface area contributed by atoms with Crippen molar-refractivity contribution in [2.24, 2.45) is 0 Å². The van der Waals surface area contributed by atoms with Crippen molar-refractivity contribution in [1.29, 1.82) is 0 Å². The number of amides is 1. The van der Waals surface area contributed by atoms with Crippen molar-refractivity contribution in [2.75, 3.05) is 5.32 Å². The molecule has 0 aliphatic carbocycles. The summed E-state index contributed by atoms with van der Waals surface area (Å²) in [7, 11) is 0. The number of aromatic nitrogens is 1. The Kier molecular flexibility index (Phi) is 5.36. The zero-order valence-electron chi connectivity index (χ0n) is 12.9. The lowest BCUT2D eigenvalue weighted by molar-refractivity contribution is -0.116. The van der Waals surface area contributed by atoms with Gasteiger partial charge in [0, 0.05) is 29.1 Å². The van der Waals surface area contributed by atoms with Gasteiger partial charge in [-0.3, -0.25) is 4.79 Å². The Balaban J connectivity index is 1.59. The van der Waals surface area contributed by atoms with Gasteiger partial charge in [-0.25, -0.2) is 9.37 Å². The second-order valence-corrected chi connectivity index (χ2v) is 6.14. The number of hydrogen-bond donors (Lipinski definition) is 1. The smallest absolute Gasteiger partial charge is 0.224 e. The van der Waals surface area contributed by atoms with Crippen molar-refractivity contribution in [2.45, 2.75) is 12.8 Å². The van der Waals surface area contributed by atoms with Gasteiger partial charge >= 0.3 is 0 Å². The van der Waals surface area contributed by atoms with Gasteiger partial charge in [0.1, 0.15) is 5.82 Å². The van der Waals surface area contributed by atoms with Gasteiger partial charge in [0.25, 0.3) is 0 Å². The first-order chi connectivity index (χ1) is 12.0. The van der Waals surface area contributed by atoms with E-state index in [1.54, 1.807) is 24.4 Å². The number of carbonyl (C=O) groups excluding carboxylic acids is 1. The van der Waals surface area contributed by atoms with Crippen LogP contribution in [0.1, 0.15) is 12.3 Å². The molecule has 3 aromatic rings. The first-order valence-corrected chi connectivity index (χ1v) is 8.22. The van der Waals surface area contributed by atoms with Crippen LogP contribution in [0.5, 0.6) is 0 Å². The molecule has 1 heterocycles. The summed E-state index contributed by atoms with van der Waals surface area (Å²) in [6.07, 6.45) is 2.08. The fraction of sp³-hybridized carbons (Fsp3) is 0.111. The predicted molar refractivity (Wildman–Crippen MR) is 95.3 cm³/mol. The molecule has 7 heteroatoms. The van der Waals surface area contributed by atoms with Gasteiger partial charge in [0.05, 0.1) is 11.2 Å². The molecule has 25 heavy (non-hydrogen) atoms. The van der Waals surface area contributed by atoms with Crippen LogP contribution in [0.3, 0.4) is 0 Å². The molecule has 0 saturated heterocycles. The molecule has 128 valence electrons. The minimum atomic E-state index is -0.355. The standard InChI is InChI=1S/C18H13Cl2FN2O2/c19-11-1-6-14(15(20)9-11)16-10-22-18(25-16)8-7-17(24)23-13-4-2-12(21)3-5-13/h1-6,9-10H,7-8H2,(H,23,24). The van der Waals surface area contributed by atoms with E-state index in [9.17, 15) is 9.18 Å². The third-order valence-electron chi connectivity index (χ3n) is 3.44. The fourth-order valence-corrected chi connectivity index (χ4v) is 2.72. The number of nitrogens with zero attached hydrogens (tertiary/aromatic N) is 1. The number of carbonyl (C=O) groups is 1. The maximum absolute atomic E-state index is 12.8. The number of hydrogen-bond acceptors (Lipinski definition) is 3. The molecule has 0 radical (unpaired) electrons. The second kappa shape index (κ2) is 7.68. The van der Waals surface area contributed by atoms with Crippen molar-refractivity contribution in [3.8, 4) is 11.3 Å². The fourth-order valence-electron chi connectivity index (χ4n) is 2.22. The molecule has 4 nitrogen and oxygen atoms in total. The van der Waals surface area contributed by atoms with Gasteiger partial charge in [-0.2, -0.15) is 0 Å². The van der Waals surface area contributed by atoms with E-state index in [0.29, 0.717) is 39.4 Å². The first kappa shape index (κ1) is 17.5. The molecule has 3 rings (SSSR count). The lowest BCUT2D eigenvalue weighted by Gasteiger charge is -2.04. The maximum atomic E-state index is 12.8. The normalized spacial score (nSPS) is 10.7. The number of halogens is 3. The Morgan fingerprint density at radius 1 is 1.16 bits per heavy atom. The van der Waals surface area contributed by atoms with Gasteiger partial charge in [-0.05, 0) is 42.5 Å². The highest BCUT2D eigenvalue weighted by Crippen LogP contribution is 2.30. The van der Waals surface area contributed by atoms with E-state index >= 15 is 0 Å². The number of benzene rings is 2. The van der Waals surface area contributed by atoms with E-state index in [1.807, 2.05) is 0 Å². The molecule has 2 aromatic carbocycles. The summed E-state index contributed by atoms with van der Waals surface area (Å²) in [6.45, 7) is 0. The molecule has 0 bridgehead atoms. The second-order valence-electron chi connectivity index (χ2n) is 5.30. The van der Waals surface area contributed by atoms with Crippen LogP contribution in [0.2, 0.25) is 10.0 Å². The average Bonchev–Trinajstić information content (AvgIpc) is 3.04. The van der Waals surface area contributed by atoms with Crippen molar-refractivity contribution in [1.82, 2.24) is 4.98 Å². The summed E-state index contributed by atoms with van der Waals surface area (Å²) in [5, 5.41) is 3.68. The monoisotopic (exact) mass is 378 g/mol. The van der Waals surface area contributed by atoms with Gasteiger partial charge in [-0.1, -0.05) is 23.2 Å². The SMILES string of the molecule is O=C(CCc1ncc(-c2ccc(Cl)cc2Cl)o1)Nc1ccc(F)cc1. The van der Waals surface area contributed by atoms with Crippen LogP contribution < -0.4 is 5.32 Å². The van der Waals surface area contributed by atoms with Crippen LogP contribution in [0.4, 0.5) is 10.1 Å². The van der Waals surface area contributed by atoms with E-state index < -0.39 is 0 Å². The highest BCUT2D eigenvalue weighted by atomic mass is 35.5. The Labute approximate surface area is 153 Å². The summed E-state index contributed by atoms with van der Waals surface area (Å²) >= 11 is 12.0. The minimum Gasteiger partial charge on any atom is -0.441 e. The average molecular weight is 379 g/mol. The van der Waals surface area contributed by atoms with E-state index in [-0.39, 0.29) is 18.1 Å². The van der Waals surface area contributed by atoms with Crippen molar-refractivity contribution in [3.05, 3.63) is 70.4 Å². The lowest BCUT2D eigenvalue weighted by atomic mass is 10.2. The molecule has 0 fully saturated rings. The lowest BCUT2D eigenvalue weighted by Crippen LogP contribution is -2.12. The van der Waals surface area contributed by atoms with Crippen molar-refractivity contribution < 1.29 is 13.6 Å². The summed E-state index contributed by atoms with van der Waals surface area (Å²) in [6, 6.07) is 10.6. The number of oxazole rings is 1. The van der Waals surface area contributed by atoms with Crippen LogP contribution >= 0.6 is 23.2 Å². The molecular weight excluding hydrogens is 366 g/mol. The van der Waals surface area contributed by atoms with Crippen LogP contribution in [-0.4, -0.2) is 10.9 Å². The van der Waals surface area contributed by atoms with Crippen LogP contribution in [0, 0.1) is 5.82 Å². The molecule has 0 atom stereocenters. The first-order valence-electron chi connectivity index (χ1n) is 7.47. The van der Waals surface area contributed by atoms with Crippen LogP contribution in [-0.2, 0) is 11.2 Å². The minimum absolute atomic E-state index is 0.186. The van der Waals surface area contributed by atoms with E-state index in [0.717, 1.165) is 0 Å². The molecule has 1 amide bonds. The Hall–Kier alpha value is -2.37. The molecule has 0 aliphatic rings. The van der Waals surface area contributed by atoms with E-state index in [1.165, 1.54) is 24.3 Å². The third kappa shape index (κ3) is 4.59. The molecule has 0 unspecified atom stereocenters. The van der Waals surface area contributed by atoms with Crippen molar-refractivity contribution >= 4 is 34.8 Å². The van der Waals surface area contributed by atoms with Crippen LogP contribution in [0.15, 0.2) is 53.1 Å². The molecular formula is C18H13Cl2FN2O2. The van der Waals surface area contributed by atoms with Gasteiger partial charge in [-0.15, -0.1) is 0 Å². The third-order valence-corrected chi connectivity index (χ3v) is 3.99. The zero-order chi connectivity index (χ0) is 17.8. The summed E-state index contributed by atoms with van der Waals surface area (Å²) in [5.74, 6) is 0.368. The summed E-state index contributed by atoms with van der Waals surface area (Å²) in [4.78, 5) is 16.1. The van der Waals surface area contributed by atoms with E-state index in [4.69, 9.17) is 27.6 Å². The number of nitrogens with one attached hydrogen (secondary N) is 1. The van der Waals surface area contributed by atoms with Gasteiger partial charge < -0.3 is 9.73 Å². The molecule has 0 spiro atoms. The van der Waals surface area contributed by atoms with E-state index in [2.05, 4.69) is 10.3 Å². The Morgan fingerprint density at radius 2 is 1.92 bits per heavy atom. The summed E-state index contributed by atoms with van der Waals surface area (Å²) < 4.78 is 18.5. The van der Waals surface area contributed by atoms with Crippen LogP contribution in [0.25, 0.3) is 11.3 Å². The van der Waals surface area contributed by atoms with Crippen molar-refractivity contribution in [3.63, 3.8) is 0 Å². The van der Waals surface area contributed by atoms with Gasteiger partial charge in [0.15, 0.2) is 11.7 Å². The Morgan fingerprint density at radius 3 is 2.64 bits per heavy atom. The largest absolute Gasteiger partial charge is 0.441 e. The maximum Gasteiger partial charge on any atom is 0.224 e. The Bertz CT molecular complexity index is 894.